The first-order valence-electron chi connectivity index (χ1n) is 7.91. The molecule has 0 spiro atoms. The topological polar surface area (TPSA) is 49.4 Å². The molecule has 0 bridgehead atoms. The van der Waals surface area contributed by atoms with Gasteiger partial charge in [-0.3, -0.25) is 9.59 Å². The van der Waals surface area contributed by atoms with Crippen LogP contribution in [0, 0.1) is 19.7 Å². The Morgan fingerprint density at radius 1 is 1.08 bits per heavy atom. The molecule has 4 nitrogen and oxygen atoms in total. The summed E-state index contributed by atoms with van der Waals surface area (Å²) in [6, 6.07) is 11.6. The van der Waals surface area contributed by atoms with Crippen LogP contribution in [0.2, 0.25) is 0 Å². The normalized spacial score (nSPS) is 10.7. The zero-order valence-electron chi connectivity index (χ0n) is 14.5. The number of carbonyl (C=O) groups excluding carboxylic acids is 2. The van der Waals surface area contributed by atoms with Crippen LogP contribution in [-0.4, -0.2) is 30.3 Å². The SMILES string of the molecule is Cc1cccc(C)c1NC(=O)CN(C)C(=O)/C=C/c1ccc(F)cc1. The van der Waals surface area contributed by atoms with Crippen molar-refractivity contribution in [1.29, 1.82) is 0 Å². The van der Waals surface area contributed by atoms with Crippen LogP contribution in [0.3, 0.4) is 0 Å². The summed E-state index contributed by atoms with van der Waals surface area (Å²) in [5.74, 6) is -0.895. The molecular formula is C20H21FN2O2. The number of anilines is 1. The molecule has 0 aliphatic carbocycles. The minimum atomic E-state index is -0.330. The molecule has 0 saturated carbocycles. The summed E-state index contributed by atoms with van der Waals surface area (Å²) in [6.07, 6.45) is 2.95. The fourth-order valence-corrected chi connectivity index (χ4v) is 2.35. The van der Waals surface area contributed by atoms with Crippen molar-refractivity contribution < 1.29 is 14.0 Å². The van der Waals surface area contributed by atoms with E-state index < -0.39 is 0 Å². The van der Waals surface area contributed by atoms with E-state index in [9.17, 15) is 14.0 Å². The van der Waals surface area contributed by atoms with E-state index in [1.54, 1.807) is 25.3 Å². The highest BCUT2D eigenvalue weighted by Crippen LogP contribution is 2.19. The van der Waals surface area contributed by atoms with E-state index in [4.69, 9.17) is 0 Å². The summed E-state index contributed by atoms with van der Waals surface area (Å²) >= 11 is 0. The molecule has 0 aromatic heterocycles. The molecule has 25 heavy (non-hydrogen) atoms. The first-order valence-corrected chi connectivity index (χ1v) is 7.91. The Kier molecular flexibility index (Phi) is 6.06. The molecule has 1 N–H and O–H groups in total. The summed E-state index contributed by atoms with van der Waals surface area (Å²) in [5, 5.41) is 2.85. The lowest BCUT2D eigenvalue weighted by molar-refractivity contribution is -0.129. The Balaban J connectivity index is 1.94. The summed E-state index contributed by atoms with van der Waals surface area (Å²) in [4.78, 5) is 25.6. The summed E-state index contributed by atoms with van der Waals surface area (Å²) in [6.45, 7) is 3.78. The van der Waals surface area contributed by atoms with Gasteiger partial charge in [-0.25, -0.2) is 4.39 Å². The first-order chi connectivity index (χ1) is 11.9. The average molecular weight is 340 g/mol. The summed E-state index contributed by atoms with van der Waals surface area (Å²) in [7, 11) is 1.56. The van der Waals surface area contributed by atoms with E-state index in [2.05, 4.69) is 5.32 Å². The van der Waals surface area contributed by atoms with Crippen molar-refractivity contribution in [2.45, 2.75) is 13.8 Å². The summed E-state index contributed by atoms with van der Waals surface area (Å²) < 4.78 is 12.8. The number of likely N-dealkylation sites (N-methyl/N-ethyl adjacent to an activating group) is 1. The van der Waals surface area contributed by atoms with E-state index in [1.165, 1.54) is 23.1 Å². The van der Waals surface area contributed by atoms with Gasteiger partial charge in [0.25, 0.3) is 0 Å². The van der Waals surface area contributed by atoms with Crippen molar-refractivity contribution in [3.63, 3.8) is 0 Å². The zero-order chi connectivity index (χ0) is 18.4. The molecule has 0 saturated heterocycles. The lowest BCUT2D eigenvalue weighted by atomic mass is 10.1. The van der Waals surface area contributed by atoms with E-state index in [-0.39, 0.29) is 24.2 Å². The number of hydrogen-bond donors (Lipinski definition) is 1. The van der Waals surface area contributed by atoms with Crippen molar-refractivity contribution in [3.8, 4) is 0 Å². The van der Waals surface area contributed by atoms with Gasteiger partial charge in [0.15, 0.2) is 0 Å². The molecule has 0 atom stereocenters. The number of para-hydroxylation sites is 1. The van der Waals surface area contributed by atoms with Crippen LogP contribution in [0.25, 0.3) is 6.08 Å². The van der Waals surface area contributed by atoms with Gasteiger partial charge in [0.1, 0.15) is 5.82 Å². The van der Waals surface area contributed by atoms with Gasteiger partial charge in [-0.15, -0.1) is 0 Å². The monoisotopic (exact) mass is 340 g/mol. The van der Waals surface area contributed by atoms with Crippen LogP contribution in [0.15, 0.2) is 48.5 Å². The maximum Gasteiger partial charge on any atom is 0.246 e. The maximum atomic E-state index is 12.8. The molecule has 0 fully saturated rings. The van der Waals surface area contributed by atoms with Gasteiger partial charge >= 0.3 is 0 Å². The van der Waals surface area contributed by atoms with E-state index in [0.717, 1.165) is 16.8 Å². The highest BCUT2D eigenvalue weighted by molar-refractivity contribution is 5.98. The third-order valence-corrected chi connectivity index (χ3v) is 3.79. The molecule has 0 aliphatic heterocycles. The van der Waals surface area contributed by atoms with Crippen LogP contribution in [0.5, 0.6) is 0 Å². The number of halogens is 1. The third kappa shape index (κ3) is 5.28. The lowest BCUT2D eigenvalue weighted by Crippen LogP contribution is -2.34. The second-order valence-corrected chi connectivity index (χ2v) is 5.89. The van der Waals surface area contributed by atoms with Gasteiger partial charge < -0.3 is 10.2 Å². The van der Waals surface area contributed by atoms with Gasteiger partial charge in [-0.2, -0.15) is 0 Å². The molecule has 130 valence electrons. The number of rotatable bonds is 5. The second-order valence-electron chi connectivity index (χ2n) is 5.89. The van der Waals surface area contributed by atoms with Gasteiger partial charge in [0, 0.05) is 18.8 Å². The number of nitrogens with one attached hydrogen (secondary N) is 1. The smallest absolute Gasteiger partial charge is 0.246 e. The molecule has 0 heterocycles. The number of nitrogens with zero attached hydrogens (tertiary/aromatic N) is 1. The number of hydrogen-bond acceptors (Lipinski definition) is 2. The standard InChI is InChI=1S/C20H21FN2O2/c1-14-5-4-6-15(2)20(14)22-18(24)13-23(3)19(25)12-9-16-7-10-17(21)11-8-16/h4-12H,13H2,1-3H3,(H,22,24)/b12-9+. The fourth-order valence-electron chi connectivity index (χ4n) is 2.35. The second kappa shape index (κ2) is 8.24. The predicted octanol–water partition coefficient (Wildman–Crippen LogP) is 3.55. The molecule has 2 amide bonds. The Bertz CT molecular complexity index is 778. The van der Waals surface area contributed by atoms with Crippen LogP contribution in [-0.2, 0) is 9.59 Å². The van der Waals surface area contributed by atoms with Crippen molar-refractivity contribution in [2.24, 2.45) is 0 Å². The van der Waals surface area contributed by atoms with E-state index in [1.807, 2.05) is 32.0 Å². The average Bonchev–Trinajstić information content (AvgIpc) is 2.57. The highest BCUT2D eigenvalue weighted by Gasteiger charge is 2.12. The molecule has 0 aliphatic rings. The van der Waals surface area contributed by atoms with Crippen molar-refractivity contribution in [3.05, 3.63) is 71.0 Å². The molecule has 5 heteroatoms. The van der Waals surface area contributed by atoms with Gasteiger partial charge in [0.05, 0.1) is 6.54 Å². The first kappa shape index (κ1) is 18.4. The third-order valence-electron chi connectivity index (χ3n) is 3.79. The largest absolute Gasteiger partial charge is 0.333 e. The number of benzene rings is 2. The minimum Gasteiger partial charge on any atom is -0.333 e. The number of aryl methyl sites for hydroxylation is 2. The Labute approximate surface area is 147 Å². The predicted molar refractivity (Wildman–Crippen MR) is 97.6 cm³/mol. The van der Waals surface area contributed by atoms with Crippen molar-refractivity contribution in [1.82, 2.24) is 4.90 Å². The number of carbonyl (C=O) groups is 2. The molecule has 0 radical (unpaired) electrons. The van der Waals surface area contributed by atoms with Gasteiger partial charge in [0.2, 0.25) is 11.8 Å². The lowest BCUT2D eigenvalue weighted by Gasteiger charge is -2.16. The molecular weight excluding hydrogens is 319 g/mol. The van der Waals surface area contributed by atoms with E-state index >= 15 is 0 Å². The minimum absolute atomic E-state index is 0.0552. The Hall–Kier alpha value is -2.95. The molecule has 0 unspecified atom stereocenters. The van der Waals surface area contributed by atoms with E-state index in [0.29, 0.717) is 5.56 Å². The van der Waals surface area contributed by atoms with Gasteiger partial charge in [-0.1, -0.05) is 30.3 Å². The van der Waals surface area contributed by atoms with Crippen LogP contribution >= 0.6 is 0 Å². The maximum absolute atomic E-state index is 12.8. The quantitative estimate of drug-likeness (QED) is 0.846. The highest BCUT2D eigenvalue weighted by atomic mass is 19.1. The van der Waals surface area contributed by atoms with Crippen LogP contribution in [0.1, 0.15) is 16.7 Å². The Morgan fingerprint density at radius 2 is 1.68 bits per heavy atom. The number of amides is 2. The Morgan fingerprint density at radius 3 is 2.28 bits per heavy atom. The summed E-state index contributed by atoms with van der Waals surface area (Å²) in [5.41, 5.74) is 3.43. The van der Waals surface area contributed by atoms with Crippen LogP contribution < -0.4 is 5.32 Å². The molecule has 2 aromatic carbocycles. The molecule has 2 aromatic rings. The van der Waals surface area contributed by atoms with Crippen molar-refractivity contribution >= 4 is 23.6 Å². The molecule has 2 rings (SSSR count). The van der Waals surface area contributed by atoms with Crippen LogP contribution in [0.4, 0.5) is 10.1 Å². The fraction of sp³-hybridized carbons (Fsp3) is 0.200. The zero-order valence-corrected chi connectivity index (χ0v) is 14.5. The van der Waals surface area contributed by atoms with Gasteiger partial charge in [-0.05, 0) is 48.7 Å². The van der Waals surface area contributed by atoms with Crippen molar-refractivity contribution in [2.75, 3.05) is 18.9 Å².